The summed E-state index contributed by atoms with van der Waals surface area (Å²) in [7, 11) is 1.58. The lowest BCUT2D eigenvalue weighted by molar-refractivity contribution is -0.134. The minimum Gasteiger partial charge on any atom is -0.497 e. The second kappa shape index (κ2) is 17.2. The maximum atomic E-state index is 13.7. The van der Waals surface area contributed by atoms with Crippen molar-refractivity contribution in [1.29, 1.82) is 0 Å². The van der Waals surface area contributed by atoms with E-state index in [-0.39, 0.29) is 29.3 Å². The molecule has 46 heavy (non-hydrogen) atoms. The van der Waals surface area contributed by atoms with Gasteiger partial charge in [0.05, 0.1) is 7.11 Å². The van der Waals surface area contributed by atoms with E-state index in [1.807, 2.05) is 24.3 Å². The first-order valence-electron chi connectivity index (χ1n) is 14.5. The SMILES string of the molecule is COc1cccc(N(CCN2CCC(C(=O)c3ccc(F)cc3)CC2)C(=O)c2cccc(NC(C)=O)c2)c1.O=C(O)/C=C/C(=O)O. The normalized spacial score (nSPS) is 13.3. The van der Waals surface area contributed by atoms with Crippen molar-refractivity contribution in [3.05, 3.63) is 102 Å². The highest BCUT2D eigenvalue weighted by Gasteiger charge is 2.27. The molecule has 1 aliphatic heterocycles. The van der Waals surface area contributed by atoms with Gasteiger partial charge in [0.1, 0.15) is 11.6 Å². The Hall–Kier alpha value is -5.36. The first kappa shape index (κ1) is 35.1. The number of ketones is 1. The molecular formula is C34H36FN3O8. The van der Waals surface area contributed by atoms with Gasteiger partial charge >= 0.3 is 11.9 Å². The van der Waals surface area contributed by atoms with Crippen LogP contribution in [0, 0.1) is 11.7 Å². The van der Waals surface area contributed by atoms with E-state index >= 15 is 0 Å². The highest BCUT2D eigenvalue weighted by Crippen LogP contribution is 2.25. The number of ether oxygens (including phenoxy) is 1. The zero-order valence-electron chi connectivity index (χ0n) is 25.5. The molecule has 0 aliphatic carbocycles. The number of hydrogen-bond acceptors (Lipinski definition) is 7. The number of hydrogen-bond donors (Lipinski definition) is 3. The van der Waals surface area contributed by atoms with Crippen LogP contribution in [0.3, 0.4) is 0 Å². The van der Waals surface area contributed by atoms with Crippen molar-refractivity contribution in [2.45, 2.75) is 19.8 Å². The molecule has 1 aliphatic rings. The van der Waals surface area contributed by atoms with Crippen molar-refractivity contribution in [2.24, 2.45) is 5.92 Å². The summed E-state index contributed by atoms with van der Waals surface area (Å²) in [5, 5.41) is 18.3. The number of amides is 2. The number of anilines is 2. The molecule has 11 nitrogen and oxygen atoms in total. The Morgan fingerprint density at radius 1 is 0.913 bits per heavy atom. The Kier molecular flexibility index (Phi) is 13.1. The standard InChI is InChI=1S/C30H32FN3O4.C4H4O4/c1-21(35)32-26-6-3-5-24(19-26)30(37)34(27-7-4-8-28(20-27)38-2)18-17-33-15-13-23(14-16-33)29(36)22-9-11-25(31)12-10-22;5-3(6)1-2-4(7)8/h3-12,19-20,23H,13-18H2,1-2H3,(H,32,35);1-2H,(H,5,6)(H,7,8)/b;2-1+. The smallest absolute Gasteiger partial charge is 0.328 e. The zero-order chi connectivity index (χ0) is 33.6. The number of nitrogens with one attached hydrogen (secondary N) is 1. The maximum Gasteiger partial charge on any atom is 0.328 e. The Balaban J connectivity index is 0.000000637. The Labute approximate surface area is 265 Å². The number of carbonyl (C=O) groups is 5. The average Bonchev–Trinajstić information content (AvgIpc) is 3.04. The summed E-state index contributed by atoms with van der Waals surface area (Å²) in [5.74, 6) is -2.66. The number of methoxy groups -OCH3 is 1. The van der Waals surface area contributed by atoms with Crippen molar-refractivity contribution < 1.29 is 43.3 Å². The van der Waals surface area contributed by atoms with Gasteiger partial charge in [-0.05, 0) is 80.5 Å². The van der Waals surface area contributed by atoms with Crippen LogP contribution in [0.4, 0.5) is 15.8 Å². The molecule has 3 N–H and O–H groups in total. The predicted molar refractivity (Wildman–Crippen MR) is 170 cm³/mol. The van der Waals surface area contributed by atoms with Crippen molar-refractivity contribution >= 4 is 40.9 Å². The lowest BCUT2D eigenvalue weighted by atomic mass is 9.89. The van der Waals surface area contributed by atoms with Gasteiger partial charge in [-0.25, -0.2) is 14.0 Å². The predicted octanol–water partition coefficient (Wildman–Crippen LogP) is 4.75. The number of likely N-dealkylation sites (tertiary alicyclic amines) is 1. The number of carboxylic acids is 2. The molecule has 3 aromatic carbocycles. The summed E-state index contributed by atoms with van der Waals surface area (Å²) in [5.41, 5.74) is 2.27. The number of carboxylic acid groups (broad SMARTS) is 2. The van der Waals surface area contributed by atoms with E-state index < -0.39 is 11.9 Å². The summed E-state index contributed by atoms with van der Waals surface area (Å²) < 4.78 is 18.6. The van der Waals surface area contributed by atoms with Gasteiger partial charge in [-0.15, -0.1) is 0 Å². The van der Waals surface area contributed by atoms with E-state index in [4.69, 9.17) is 14.9 Å². The van der Waals surface area contributed by atoms with E-state index in [0.717, 1.165) is 13.1 Å². The fraction of sp³-hybridized carbons (Fsp3) is 0.265. The monoisotopic (exact) mass is 633 g/mol. The third-order valence-corrected chi connectivity index (χ3v) is 7.14. The molecule has 2 amide bonds. The van der Waals surface area contributed by atoms with Crippen LogP contribution in [0.5, 0.6) is 5.75 Å². The fourth-order valence-corrected chi connectivity index (χ4v) is 4.87. The largest absolute Gasteiger partial charge is 0.497 e. The van der Waals surface area contributed by atoms with Gasteiger partial charge in [0.2, 0.25) is 5.91 Å². The van der Waals surface area contributed by atoms with Gasteiger partial charge in [-0.3, -0.25) is 14.4 Å². The molecule has 0 spiro atoms. The molecule has 1 heterocycles. The molecule has 0 unspecified atom stereocenters. The molecule has 0 radical (unpaired) electrons. The zero-order valence-corrected chi connectivity index (χ0v) is 25.5. The van der Waals surface area contributed by atoms with Crippen molar-refractivity contribution in [1.82, 2.24) is 4.90 Å². The van der Waals surface area contributed by atoms with Gasteiger partial charge in [-0.2, -0.15) is 0 Å². The summed E-state index contributed by atoms with van der Waals surface area (Å²) in [4.78, 5) is 61.1. The topological polar surface area (TPSA) is 154 Å². The molecule has 12 heteroatoms. The van der Waals surface area contributed by atoms with Crippen LogP contribution in [0.25, 0.3) is 0 Å². The van der Waals surface area contributed by atoms with Crippen LogP contribution in [0.2, 0.25) is 0 Å². The second-order valence-corrected chi connectivity index (χ2v) is 10.4. The third kappa shape index (κ3) is 11.0. The molecule has 0 aromatic heterocycles. The number of Topliss-reactive ketones (excluding diaryl/α,β-unsaturated/α-hetero) is 1. The van der Waals surface area contributed by atoms with Crippen LogP contribution in [0.1, 0.15) is 40.5 Å². The van der Waals surface area contributed by atoms with Crippen molar-refractivity contribution in [2.75, 3.05) is 43.5 Å². The minimum absolute atomic E-state index is 0.0527. The van der Waals surface area contributed by atoms with E-state index in [1.165, 1.54) is 19.1 Å². The quantitative estimate of drug-likeness (QED) is 0.201. The van der Waals surface area contributed by atoms with E-state index in [1.54, 1.807) is 48.4 Å². The number of halogens is 1. The van der Waals surface area contributed by atoms with Crippen LogP contribution < -0.4 is 15.0 Å². The van der Waals surface area contributed by atoms with E-state index in [2.05, 4.69) is 10.2 Å². The number of benzene rings is 3. The van der Waals surface area contributed by atoms with Gasteiger partial charge in [0.15, 0.2) is 5.78 Å². The highest BCUT2D eigenvalue weighted by atomic mass is 19.1. The van der Waals surface area contributed by atoms with Gasteiger partial charge < -0.3 is 30.1 Å². The first-order chi connectivity index (χ1) is 22.0. The lowest BCUT2D eigenvalue weighted by Crippen LogP contribution is -2.43. The Morgan fingerprint density at radius 3 is 2.13 bits per heavy atom. The molecule has 0 bridgehead atoms. The summed E-state index contributed by atoms with van der Waals surface area (Å²) in [6, 6.07) is 20.0. The number of rotatable bonds is 11. The molecule has 3 aromatic rings. The van der Waals surface area contributed by atoms with E-state index in [0.29, 0.717) is 66.3 Å². The number of aliphatic carboxylic acids is 2. The summed E-state index contributed by atoms with van der Waals surface area (Å²) in [6.45, 7) is 3.96. The summed E-state index contributed by atoms with van der Waals surface area (Å²) in [6.07, 6.45) is 2.54. The Bertz CT molecular complexity index is 1550. The Morgan fingerprint density at radius 2 is 1.54 bits per heavy atom. The fourth-order valence-electron chi connectivity index (χ4n) is 4.87. The molecule has 4 rings (SSSR count). The summed E-state index contributed by atoms with van der Waals surface area (Å²) >= 11 is 0. The number of nitrogens with zero attached hydrogens (tertiary/aromatic N) is 2. The van der Waals surface area contributed by atoms with Crippen LogP contribution >= 0.6 is 0 Å². The molecule has 242 valence electrons. The third-order valence-electron chi connectivity index (χ3n) is 7.14. The highest BCUT2D eigenvalue weighted by molar-refractivity contribution is 6.07. The van der Waals surface area contributed by atoms with Crippen molar-refractivity contribution in [3.63, 3.8) is 0 Å². The molecule has 1 fully saturated rings. The maximum absolute atomic E-state index is 13.7. The van der Waals surface area contributed by atoms with Gasteiger partial charge in [-0.1, -0.05) is 12.1 Å². The van der Waals surface area contributed by atoms with Crippen LogP contribution in [0.15, 0.2) is 84.9 Å². The number of piperidine rings is 1. The van der Waals surface area contributed by atoms with Gasteiger partial charge in [0.25, 0.3) is 5.91 Å². The average molecular weight is 634 g/mol. The van der Waals surface area contributed by atoms with Crippen LogP contribution in [-0.4, -0.2) is 77.9 Å². The van der Waals surface area contributed by atoms with E-state index in [9.17, 15) is 28.4 Å². The van der Waals surface area contributed by atoms with Crippen molar-refractivity contribution in [3.8, 4) is 5.75 Å². The molecule has 1 saturated heterocycles. The van der Waals surface area contributed by atoms with Crippen LogP contribution in [-0.2, 0) is 14.4 Å². The number of carbonyl (C=O) groups excluding carboxylic acids is 3. The first-order valence-corrected chi connectivity index (χ1v) is 14.5. The molecule has 0 atom stereocenters. The molecular weight excluding hydrogens is 597 g/mol. The lowest BCUT2D eigenvalue weighted by Gasteiger charge is -2.33. The molecule has 0 saturated carbocycles. The minimum atomic E-state index is -1.26. The van der Waals surface area contributed by atoms with Gasteiger partial charge in [0, 0.05) is 66.7 Å². The second-order valence-electron chi connectivity index (χ2n) is 10.4.